The van der Waals surface area contributed by atoms with Gasteiger partial charge in [-0.2, -0.15) is 0 Å². The van der Waals surface area contributed by atoms with Gasteiger partial charge in [0, 0.05) is 12.8 Å². The number of carbonyl (C=O) groups is 4. The number of rotatable bonds is 7. The summed E-state index contributed by atoms with van der Waals surface area (Å²) in [4.78, 5) is 48.7. The van der Waals surface area contributed by atoms with Gasteiger partial charge in [-0.05, 0) is 30.2 Å². The van der Waals surface area contributed by atoms with Gasteiger partial charge in [-0.3, -0.25) is 19.3 Å². The number of esters is 1. The Bertz CT molecular complexity index is 893. The second-order valence-corrected chi connectivity index (χ2v) is 6.85. The van der Waals surface area contributed by atoms with E-state index in [1.165, 1.54) is 4.90 Å². The van der Waals surface area contributed by atoms with E-state index in [4.69, 9.17) is 4.74 Å². The maximum atomic E-state index is 12.1. The highest BCUT2D eigenvalue weighted by atomic mass is 16.5. The van der Waals surface area contributed by atoms with Crippen molar-refractivity contribution >= 4 is 23.7 Å². The smallest absolute Gasteiger partial charge is 0.338 e. The Balaban J connectivity index is 1.48. The molecule has 0 aromatic heterocycles. The molecule has 7 heteroatoms. The van der Waals surface area contributed by atoms with E-state index >= 15 is 0 Å². The van der Waals surface area contributed by atoms with Gasteiger partial charge in [0.15, 0.2) is 6.61 Å². The van der Waals surface area contributed by atoms with Crippen molar-refractivity contribution in [2.75, 3.05) is 6.61 Å². The third-order valence-electron chi connectivity index (χ3n) is 4.70. The molecular weight excluding hydrogens is 372 g/mol. The van der Waals surface area contributed by atoms with Crippen molar-refractivity contribution in [3.05, 3.63) is 71.3 Å². The molecule has 1 N–H and O–H groups in total. The molecule has 1 unspecified atom stereocenters. The predicted molar refractivity (Wildman–Crippen MR) is 105 cm³/mol. The van der Waals surface area contributed by atoms with Crippen LogP contribution in [-0.4, -0.2) is 35.2 Å². The molecule has 7 nitrogen and oxygen atoms in total. The fraction of sp³-hybridized carbons (Fsp3) is 0.273. The molecule has 2 aromatic rings. The lowest BCUT2D eigenvalue weighted by Gasteiger charge is -2.15. The SMILES string of the molecule is CC(NC(=O)COC(=O)c1ccc(CN2C(=O)CCC2=O)cc1)c1ccccc1. The number of carbonyl (C=O) groups excluding carboxylic acids is 4. The van der Waals surface area contributed by atoms with Crippen LogP contribution < -0.4 is 5.32 Å². The summed E-state index contributed by atoms with van der Waals surface area (Å²) in [5.41, 5.74) is 1.98. The summed E-state index contributed by atoms with van der Waals surface area (Å²) < 4.78 is 5.06. The Morgan fingerprint density at radius 1 is 1.00 bits per heavy atom. The van der Waals surface area contributed by atoms with Gasteiger partial charge in [-0.1, -0.05) is 42.5 Å². The molecule has 29 heavy (non-hydrogen) atoms. The lowest BCUT2D eigenvalue weighted by Crippen LogP contribution is -2.31. The second kappa shape index (κ2) is 9.14. The second-order valence-electron chi connectivity index (χ2n) is 6.85. The first-order valence-electron chi connectivity index (χ1n) is 9.37. The highest BCUT2D eigenvalue weighted by molar-refractivity contribution is 6.01. The largest absolute Gasteiger partial charge is 0.452 e. The normalized spacial score (nSPS) is 14.6. The van der Waals surface area contributed by atoms with Gasteiger partial charge in [-0.15, -0.1) is 0 Å². The van der Waals surface area contributed by atoms with E-state index in [-0.39, 0.29) is 49.4 Å². The van der Waals surface area contributed by atoms with E-state index in [1.807, 2.05) is 37.3 Å². The third-order valence-corrected chi connectivity index (χ3v) is 4.70. The highest BCUT2D eigenvalue weighted by Gasteiger charge is 2.28. The number of amides is 3. The van der Waals surface area contributed by atoms with E-state index in [0.717, 1.165) is 11.1 Å². The van der Waals surface area contributed by atoms with Crippen LogP contribution in [0.1, 0.15) is 47.3 Å². The van der Waals surface area contributed by atoms with E-state index in [1.54, 1.807) is 24.3 Å². The minimum Gasteiger partial charge on any atom is -0.452 e. The van der Waals surface area contributed by atoms with E-state index < -0.39 is 11.9 Å². The number of likely N-dealkylation sites (tertiary alicyclic amines) is 1. The van der Waals surface area contributed by atoms with Crippen LogP contribution >= 0.6 is 0 Å². The quantitative estimate of drug-likeness (QED) is 0.575. The van der Waals surface area contributed by atoms with Gasteiger partial charge < -0.3 is 10.1 Å². The number of imide groups is 1. The van der Waals surface area contributed by atoms with Crippen molar-refractivity contribution in [2.45, 2.75) is 32.4 Å². The van der Waals surface area contributed by atoms with Gasteiger partial charge in [-0.25, -0.2) is 4.79 Å². The van der Waals surface area contributed by atoms with Crippen LogP contribution in [0.15, 0.2) is 54.6 Å². The Labute approximate surface area is 168 Å². The number of nitrogens with zero attached hydrogens (tertiary/aromatic N) is 1. The first-order chi connectivity index (χ1) is 13.9. The minimum absolute atomic E-state index is 0.186. The van der Waals surface area contributed by atoms with Crippen molar-refractivity contribution in [1.82, 2.24) is 10.2 Å². The van der Waals surface area contributed by atoms with E-state index in [2.05, 4.69) is 5.32 Å². The van der Waals surface area contributed by atoms with Crippen LogP contribution in [0.3, 0.4) is 0 Å². The van der Waals surface area contributed by atoms with Crippen LogP contribution in [0.2, 0.25) is 0 Å². The molecule has 150 valence electrons. The molecule has 0 aliphatic carbocycles. The molecule has 0 spiro atoms. The predicted octanol–water partition coefficient (Wildman–Crippen LogP) is 2.37. The number of ether oxygens (including phenoxy) is 1. The van der Waals surface area contributed by atoms with Crippen molar-refractivity contribution < 1.29 is 23.9 Å². The molecule has 2 aromatic carbocycles. The molecule has 0 bridgehead atoms. The van der Waals surface area contributed by atoms with Gasteiger partial charge in [0.1, 0.15) is 0 Å². The summed E-state index contributed by atoms with van der Waals surface area (Å²) in [6, 6.07) is 15.7. The topological polar surface area (TPSA) is 92.8 Å². The van der Waals surface area contributed by atoms with Gasteiger partial charge in [0.2, 0.25) is 11.8 Å². The van der Waals surface area contributed by atoms with Crippen molar-refractivity contribution in [2.24, 2.45) is 0 Å². The van der Waals surface area contributed by atoms with Crippen molar-refractivity contribution in [3.63, 3.8) is 0 Å². The van der Waals surface area contributed by atoms with Crippen LogP contribution in [0.4, 0.5) is 0 Å². The van der Waals surface area contributed by atoms with Crippen LogP contribution in [0, 0.1) is 0 Å². The zero-order valence-corrected chi connectivity index (χ0v) is 16.1. The Morgan fingerprint density at radius 2 is 1.62 bits per heavy atom. The summed E-state index contributed by atoms with van der Waals surface area (Å²) in [6.45, 7) is 1.66. The molecule has 3 rings (SSSR count). The van der Waals surface area contributed by atoms with Crippen LogP contribution in [-0.2, 0) is 25.7 Å². The molecule has 1 aliphatic rings. The first kappa shape index (κ1) is 20.3. The monoisotopic (exact) mass is 394 g/mol. The van der Waals surface area contributed by atoms with Crippen molar-refractivity contribution in [1.29, 1.82) is 0 Å². The van der Waals surface area contributed by atoms with E-state index in [0.29, 0.717) is 0 Å². The maximum absolute atomic E-state index is 12.1. The number of hydrogen-bond donors (Lipinski definition) is 1. The lowest BCUT2D eigenvalue weighted by atomic mass is 10.1. The number of hydrogen-bond acceptors (Lipinski definition) is 5. The van der Waals surface area contributed by atoms with Gasteiger partial charge in [0.05, 0.1) is 18.2 Å². The van der Waals surface area contributed by atoms with E-state index in [9.17, 15) is 19.2 Å². The molecule has 1 saturated heterocycles. The summed E-state index contributed by atoms with van der Waals surface area (Å²) in [7, 11) is 0. The average Bonchev–Trinajstić information content (AvgIpc) is 3.05. The van der Waals surface area contributed by atoms with Crippen LogP contribution in [0.5, 0.6) is 0 Å². The number of nitrogens with one attached hydrogen (secondary N) is 1. The number of benzene rings is 2. The van der Waals surface area contributed by atoms with Crippen LogP contribution in [0.25, 0.3) is 0 Å². The summed E-state index contributed by atoms with van der Waals surface area (Å²) in [5.74, 6) is -1.38. The molecule has 1 heterocycles. The fourth-order valence-electron chi connectivity index (χ4n) is 3.05. The Hall–Kier alpha value is -3.48. The average molecular weight is 394 g/mol. The maximum Gasteiger partial charge on any atom is 0.338 e. The molecule has 1 atom stereocenters. The van der Waals surface area contributed by atoms with Gasteiger partial charge in [0.25, 0.3) is 5.91 Å². The fourth-order valence-corrected chi connectivity index (χ4v) is 3.05. The minimum atomic E-state index is -0.618. The molecule has 0 saturated carbocycles. The Kier molecular flexibility index (Phi) is 6.39. The zero-order valence-electron chi connectivity index (χ0n) is 16.1. The molecule has 0 radical (unpaired) electrons. The molecule has 3 amide bonds. The summed E-state index contributed by atoms with van der Waals surface area (Å²) in [6.07, 6.45) is 0.488. The van der Waals surface area contributed by atoms with Crippen molar-refractivity contribution in [3.8, 4) is 0 Å². The Morgan fingerprint density at radius 3 is 2.24 bits per heavy atom. The third kappa shape index (κ3) is 5.28. The zero-order chi connectivity index (χ0) is 20.8. The standard InChI is InChI=1S/C22H22N2O5/c1-15(17-5-3-2-4-6-17)23-19(25)14-29-22(28)18-9-7-16(8-10-18)13-24-20(26)11-12-21(24)27/h2-10,15H,11-14H2,1H3,(H,23,25). The van der Waals surface area contributed by atoms with Gasteiger partial charge >= 0.3 is 5.97 Å². The highest BCUT2D eigenvalue weighted by Crippen LogP contribution is 2.16. The molecule has 1 fully saturated rings. The summed E-state index contributed by atoms with van der Waals surface area (Å²) in [5, 5.41) is 2.78. The lowest BCUT2D eigenvalue weighted by molar-refractivity contribution is -0.139. The molecular formula is C22H22N2O5. The molecule has 1 aliphatic heterocycles. The summed E-state index contributed by atoms with van der Waals surface area (Å²) >= 11 is 0. The first-order valence-corrected chi connectivity index (χ1v) is 9.37.